The summed E-state index contributed by atoms with van der Waals surface area (Å²) in [6.07, 6.45) is 5.21. The summed E-state index contributed by atoms with van der Waals surface area (Å²) in [7, 11) is 1.94. The van der Waals surface area contributed by atoms with Gasteiger partial charge in [0.25, 0.3) is 0 Å². The van der Waals surface area contributed by atoms with Crippen molar-refractivity contribution >= 4 is 11.3 Å². The second kappa shape index (κ2) is 6.25. The lowest BCUT2D eigenvalue weighted by Gasteiger charge is -2.33. The first-order valence-corrected chi connectivity index (χ1v) is 8.30. The van der Waals surface area contributed by atoms with Gasteiger partial charge < -0.3 is 9.67 Å². The number of aliphatic hydroxyl groups excluding tert-OH is 1. The maximum absolute atomic E-state index is 10.5. The third-order valence-corrected chi connectivity index (χ3v) is 5.08. The van der Waals surface area contributed by atoms with Crippen molar-refractivity contribution in [1.82, 2.24) is 19.4 Å². The fourth-order valence-electron chi connectivity index (χ4n) is 3.01. The second-order valence-electron chi connectivity index (χ2n) is 5.81. The Morgan fingerprint density at radius 1 is 1.43 bits per heavy atom. The van der Waals surface area contributed by atoms with Crippen LogP contribution in [-0.4, -0.2) is 37.6 Å². The molecule has 6 heteroatoms. The van der Waals surface area contributed by atoms with Crippen molar-refractivity contribution in [2.24, 2.45) is 13.0 Å². The fourth-order valence-corrected chi connectivity index (χ4v) is 3.61. The van der Waals surface area contributed by atoms with Gasteiger partial charge in [-0.25, -0.2) is 9.97 Å². The van der Waals surface area contributed by atoms with E-state index in [1.807, 2.05) is 24.7 Å². The molecule has 2 aromatic rings. The average Bonchev–Trinajstić information content (AvgIpc) is 3.08. The van der Waals surface area contributed by atoms with Crippen molar-refractivity contribution < 1.29 is 5.11 Å². The molecule has 21 heavy (non-hydrogen) atoms. The summed E-state index contributed by atoms with van der Waals surface area (Å²) >= 11 is 1.71. The van der Waals surface area contributed by atoms with Crippen LogP contribution in [0.5, 0.6) is 0 Å². The van der Waals surface area contributed by atoms with Gasteiger partial charge in [0, 0.05) is 31.4 Å². The number of hydrogen-bond acceptors (Lipinski definition) is 5. The minimum Gasteiger partial charge on any atom is -0.385 e. The van der Waals surface area contributed by atoms with Crippen LogP contribution in [0.15, 0.2) is 17.8 Å². The van der Waals surface area contributed by atoms with Crippen LogP contribution < -0.4 is 0 Å². The Balaban J connectivity index is 1.54. The van der Waals surface area contributed by atoms with Gasteiger partial charge in [-0.1, -0.05) is 0 Å². The molecule has 3 rings (SSSR count). The number of thiazole rings is 1. The molecule has 0 bridgehead atoms. The van der Waals surface area contributed by atoms with Crippen molar-refractivity contribution in [1.29, 1.82) is 0 Å². The maximum atomic E-state index is 10.5. The molecule has 1 unspecified atom stereocenters. The number of likely N-dealkylation sites (tertiary alicyclic amines) is 1. The predicted octanol–water partition coefficient (Wildman–Crippen LogP) is 2.13. The van der Waals surface area contributed by atoms with Crippen LogP contribution in [-0.2, 0) is 13.6 Å². The molecule has 0 aromatic carbocycles. The van der Waals surface area contributed by atoms with Crippen LogP contribution in [0.3, 0.4) is 0 Å². The highest BCUT2D eigenvalue weighted by molar-refractivity contribution is 7.09. The summed E-state index contributed by atoms with van der Waals surface area (Å²) in [6, 6.07) is 0. The van der Waals surface area contributed by atoms with E-state index < -0.39 is 6.10 Å². The van der Waals surface area contributed by atoms with E-state index in [-0.39, 0.29) is 0 Å². The Morgan fingerprint density at radius 3 is 2.76 bits per heavy atom. The van der Waals surface area contributed by atoms with E-state index in [1.165, 1.54) is 5.69 Å². The van der Waals surface area contributed by atoms with Gasteiger partial charge in [0.2, 0.25) is 0 Å². The number of nitrogens with zero attached hydrogens (tertiary/aromatic N) is 4. The lowest BCUT2D eigenvalue weighted by Crippen LogP contribution is -2.35. The van der Waals surface area contributed by atoms with Crippen LogP contribution in [0.1, 0.15) is 35.5 Å². The minimum absolute atomic E-state index is 0.305. The number of imidazole rings is 1. The maximum Gasteiger partial charge on any atom is 0.137 e. The van der Waals surface area contributed by atoms with Gasteiger partial charge >= 0.3 is 0 Å². The molecular formula is C15H22N4OS. The van der Waals surface area contributed by atoms with E-state index in [0.717, 1.165) is 43.3 Å². The van der Waals surface area contributed by atoms with Crippen molar-refractivity contribution in [3.05, 3.63) is 34.3 Å². The molecule has 1 aliphatic heterocycles. The number of hydrogen-bond donors (Lipinski definition) is 1. The molecule has 1 N–H and O–H groups in total. The van der Waals surface area contributed by atoms with Gasteiger partial charge in [0.15, 0.2) is 0 Å². The monoisotopic (exact) mass is 306 g/mol. The molecule has 0 spiro atoms. The number of aliphatic hydroxyl groups is 1. The third-order valence-electron chi connectivity index (χ3n) is 4.25. The standard InChI is InChI=1S/C15H22N4OS/c1-11-17-13(10-21-11)9-19-6-3-12(4-7-19)14(20)15-16-5-8-18(15)2/h5,8,10,12,14,20H,3-4,6-7,9H2,1-2H3. The first-order valence-electron chi connectivity index (χ1n) is 7.42. The first kappa shape index (κ1) is 14.7. The molecule has 0 radical (unpaired) electrons. The van der Waals surface area contributed by atoms with Crippen molar-refractivity contribution in [3.63, 3.8) is 0 Å². The molecule has 1 fully saturated rings. The van der Waals surface area contributed by atoms with E-state index in [2.05, 4.69) is 20.2 Å². The smallest absolute Gasteiger partial charge is 0.137 e. The zero-order valence-corrected chi connectivity index (χ0v) is 13.4. The topological polar surface area (TPSA) is 54.2 Å². The summed E-state index contributed by atoms with van der Waals surface area (Å²) in [6.45, 7) is 5.00. The number of piperidine rings is 1. The summed E-state index contributed by atoms with van der Waals surface area (Å²) in [5.41, 5.74) is 1.17. The molecule has 3 heterocycles. The highest BCUT2D eigenvalue weighted by Crippen LogP contribution is 2.30. The van der Waals surface area contributed by atoms with Crippen LogP contribution in [0.2, 0.25) is 0 Å². The predicted molar refractivity (Wildman–Crippen MR) is 83.0 cm³/mol. The Labute approximate surface area is 129 Å². The highest BCUT2D eigenvalue weighted by Gasteiger charge is 2.28. The minimum atomic E-state index is -0.450. The van der Waals surface area contributed by atoms with E-state index in [4.69, 9.17) is 0 Å². The molecular weight excluding hydrogens is 284 g/mol. The van der Waals surface area contributed by atoms with Crippen LogP contribution in [0.25, 0.3) is 0 Å². The average molecular weight is 306 g/mol. The van der Waals surface area contributed by atoms with Gasteiger partial charge in [-0.15, -0.1) is 11.3 Å². The van der Waals surface area contributed by atoms with Crippen LogP contribution >= 0.6 is 11.3 Å². The van der Waals surface area contributed by atoms with Crippen molar-refractivity contribution in [2.75, 3.05) is 13.1 Å². The molecule has 0 amide bonds. The van der Waals surface area contributed by atoms with E-state index in [1.54, 1.807) is 17.5 Å². The summed E-state index contributed by atoms with van der Waals surface area (Å²) in [4.78, 5) is 11.2. The Hall–Kier alpha value is -1.24. The van der Waals surface area contributed by atoms with E-state index in [9.17, 15) is 5.11 Å². The Bertz CT molecular complexity index is 586. The van der Waals surface area contributed by atoms with Crippen molar-refractivity contribution in [2.45, 2.75) is 32.4 Å². The number of aryl methyl sites for hydroxylation is 2. The van der Waals surface area contributed by atoms with Gasteiger partial charge in [0.1, 0.15) is 11.9 Å². The van der Waals surface area contributed by atoms with Gasteiger partial charge in [0.05, 0.1) is 10.7 Å². The lowest BCUT2D eigenvalue weighted by atomic mass is 9.90. The SMILES string of the molecule is Cc1nc(CN2CCC(C(O)c3nccn3C)CC2)cs1. The zero-order chi connectivity index (χ0) is 14.8. The van der Waals surface area contributed by atoms with Crippen molar-refractivity contribution in [3.8, 4) is 0 Å². The van der Waals surface area contributed by atoms with Gasteiger partial charge in [-0.3, -0.25) is 4.90 Å². The molecule has 0 aliphatic carbocycles. The molecule has 1 saturated heterocycles. The number of aromatic nitrogens is 3. The summed E-state index contributed by atoms with van der Waals surface area (Å²) < 4.78 is 1.91. The normalized spacial score (nSPS) is 19.0. The largest absolute Gasteiger partial charge is 0.385 e. The molecule has 1 atom stereocenters. The molecule has 0 saturated carbocycles. The quantitative estimate of drug-likeness (QED) is 0.940. The van der Waals surface area contributed by atoms with E-state index >= 15 is 0 Å². The second-order valence-corrected chi connectivity index (χ2v) is 6.87. The van der Waals surface area contributed by atoms with Gasteiger partial charge in [-0.05, 0) is 38.8 Å². The first-order chi connectivity index (χ1) is 10.1. The van der Waals surface area contributed by atoms with Gasteiger partial charge in [-0.2, -0.15) is 0 Å². The number of rotatable bonds is 4. The van der Waals surface area contributed by atoms with E-state index in [0.29, 0.717) is 5.92 Å². The van der Waals surface area contributed by atoms with Crippen LogP contribution in [0, 0.1) is 12.8 Å². The molecule has 5 nitrogen and oxygen atoms in total. The van der Waals surface area contributed by atoms with Crippen LogP contribution in [0.4, 0.5) is 0 Å². The molecule has 114 valence electrons. The Morgan fingerprint density at radius 2 is 2.19 bits per heavy atom. The lowest BCUT2D eigenvalue weighted by molar-refractivity contribution is 0.0489. The molecule has 2 aromatic heterocycles. The highest BCUT2D eigenvalue weighted by atomic mass is 32.1. The fraction of sp³-hybridized carbons (Fsp3) is 0.600. The third kappa shape index (κ3) is 3.33. The zero-order valence-electron chi connectivity index (χ0n) is 12.6. The molecule has 1 aliphatic rings. The Kier molecular flexibility index (Phi) is 4.37. The summed E-state index contributed by atoms with van der Waals surface area (Å²) in [5, 5.41) is 13.8. The summed E-state index contributed by atoms with van der Waals surface area (Å²) in [5.74, 6) is 1.09.